The molecule has 252 valence electrons. The number of rotatable bonds is 12. The van der Waals surface area contributed by atoms with Gasteiger partial charge in [-0.15, -0.1) is 0 Å². The second-order valence-corrected chi connectivity index (χ2v) is 12.9. The van der Waals surface area contributed by atoms with Crippen LogP contribution in [-0.4, -0.2) is 57.1 Å². The molecule has 49 heavy (non-hydrogen) atoms. The average Bonchev–Trinajstić information content (AvgIpc) is 3.73. The van der Waals surface area contributed by atoms with Gasteiger partial charge in [-0.05, 0) is 91.5 Å². The summed E-state index contributed by atoms with van der Waals surface area (Å²) in [5.74, 6) is 1.20. The number of fused-ring (bicyclic) bond motifs is 2. The van der Waals surface area contributed by atoms with Crippen LogP contribution in [0.3, 0.4) is 0 Å². The Morgan fingerprint density at radius 3 is 2.76 bits per heavy atom. The number of likely N-dealkylation sites (tertiary alicyclic amines) is 1. The third-order valence-corrected chi connectivity index (χ3v) is 9.42. The predicted molar refractivity (Wildman–Crippen MR) is 188 cm³/mol. The Morgan fingerprint density at radius 2 is 1.92 bits per heavy atom. The highest BCUT2D eigenvalue weighted by atomic mass is 35.5. The van der Waals surface area contributed by atoms with E-state index >= 15 is 0 Å². The molecular weight excluding hydrogens is 643 g/mol. The first-order valence-electron chi connectivity index (χ1n) is 16.5. The number of benzene rings is 3. The summed E-state index contributed by atoms with van der Waals surface area (Å²) in [5, 5.41) is 4.52. The largest absolute Gasteiger partial charge is 0.473 e. The lowest BCUT2D eigenvalue weighted by Crippen LogP contribution is -2.33. The summed E-state index contributed by atoms with van der Waals surface area (Å²) >= 11 is 5.87. The van der Waals surface area contributed by atoms with E-state index in [-0.39, 0.29) is 12.5 Å². The summed E-state index contributed by atoms with van der Waals surface area (Å²) in [6, 6.07) is 24.2. The Kier molecular flexibility index (Phi) is 9.88. The molecule has 1 saturated heterocycles. The topological polar surface area (TPSA) is 97.3 Å². The normalized spacial score (nSPS) is 14.1. The van der Waals surface area contributed by atoms with Crippen molar-refractivity contribution in [3.05, 3.63) is 124 Å². The van der Waals surface area contributed by atoms with Gasteiger partial charge in [0.1, 0.15) is 18.2 Å². The van der Waals surface area contributed by atoms with Crippen LogP contribution in [0.25, 0.3) is 21.9 Å². The standard InChI is InChI=1S/C38H38ClFN6O3/c1-48-18-17-46-35-10-7-28(38(47)42-22-25-5-9-32-27(19-25)11-14-41-32)20-34(35)43-36(46)23-45-15-12-26(13-16-45)33-3-2-4-37(44-33)49-24-29-6-8-30(39)21-31(29)40/h2-11,14,19-21,26,41H,12-13,15-18,22-24H2,1H3,(H,42,47). The molecule has 11 heteroatoms. The van der Waals surface area contributed by atoms with E-state index in [2.05, 4.69) is 25.8 Å². The maximum absolute atomic E-state index is 14.2. The van der Waals surface area contributed by atoms with Crippen molar-refractivity contribution in [2.24, 2.45) is 0 Å². The Labute approximate surface area is 289 Å². The minimum Gasteiger partial charge on any atom is -0.473 e. The van der Waals surface area contributed by atoms with Crippen molar-refractivity contribution in [2.45, 2.75) is 45.0 Å². The van der Waals surface area contributed by atoms with Gasteiger partial charge in [0.25, 0.3) is 5.91 Å². The lowest BCUT2D eigenvalue weighted by Gasteiger charge is -2.31. The average molecular weight is 681 g/mol. The van der Waals surface area contributed by atoms with Gasteiger partial charge in [-0.25, -0.2) is 14.4 Å². The van der Waals surface area contributed by atoms with Gasteiger partial charge in [-0.3, -0.25) is 9.69 Å². The van der Waals surface area contributed by atoms with Crippen LogP contribution in [0.15, 0.2) is 85.1 Å². The molecule has 9 nitrogen and oxygen atoms in total. The van der Waals surface area contributed by atoms with Gasteiger partial charge in [0, 0.05) is 65.7 Å². The monoisotopic (exact) mass is 680 g/mol. The summed E-state index contributed by atoms with van der Waals surface area (Å²) in [6.07, 6.45) is 3.80. The number of hydrogen-bond acceptors (Lipinski definition) is 6. The van der Waals surface area contributed by atoms with Crippen molar-refractivity contribution >= 4 is 39.4 Å². The molecule has 4 heterocycles. The van der Waals surface area contributed by atoms with E-state index < -0.39 is 5.82 Å². The molecule has 2 N–H and O–H groups in total. The summed E-state index contributed by atoms with van der Waals surface area (Å²) in [5.41, 5.74) is 5.88. The third-order valence-electron chi connectivity index (χ3n) is 9.19. The summed E-state index contributed by atoms with van der Waals surface area (Å²) in [4.78, 5) is 28.5. The number of piperidine rings is 1. The van der Waals surface area contributed by atoms with Crippen LogP contribution in [0.4, 0.5) is 4.39 Å². The molecule has 6 aromatic rings. The molecular formula is C38H38ClFN6O3. The first kappa shape index (κ1) is 32.8. The maximum Gasteiger partial charge on any atom is 0.251 e. The molecule has 1 aliphatic heterocycles. The third kappa shape index (κ3) is 7.62. The number of imidazole rings is 1. The number of pyridine rings is 1. The lowest BCUT2D eigenvalue weighted by atomic mass is 9.93. The highest BCUT2D eigenvalue weighted by Crippen LogP contribution is 2.29. The number of amides is 1. The second-order valence-electron chi connectivity index (χ2n) is 12.4. The highest BCUT2D eigenvalue weighted by Gasteiger charge is 2.24. The number of ether oxygens (including phenoxy) is 2. The molecule has 3 aromatic carbocycles. The van der Waals surface area contributed by atoms with Crippen molar-refractivity contribution in [1.29, 1.82) is 0 Å². The van der Waals surface area contributed by atoms with Crippen LogP contribution >= 0.6 is 11.6 Å². The Balaban J connectivity index is 0.984. The van der Waals surface area contributed by atoms with Crippen LogP contribution < -0.4 is 10.1 Å². The molecule has 0 bridgehead atoms. The molecule has 3 aromatic heterocycles. The van der Waals surface area contributed by atoms with Crippen LogP contribution in [0.1, 0.15) is 51.8 Å². The molecule has 7 rings (SSSR count). The predicted octanol–water partition coefficient (Wildman–Crippen LogP) is 7.24. The van der Waals surface area contributed by atoms with E-state index in [1.807, 2.05) is 54.7 Å². The van der Waals surface area contributed by atoms with Crippen LogP contribution in [0.5, 0.6) is 5.88 Å². The van der Waals surface area contributed by atoms with Crippen LogP contribution in [0, 0.1) is 5.82 Å². The smallest absolute Gasteiger partial charge is 0.251 e. The molecule has 1 fully saturated rings. The van der Waals surface area contributed by atoms with Crippen molar-refractivity contribution in [1.82, 2.24) is 29.7 Å². The van der Waals surface area contributed by atoms with E-state index in [4.69, 9.17) is 31.0 Å². The van der Waals surface area contributed by atoms with Gasteiger partial charge in [0.2, 0.25) is 5.88 Å². The maximum atomic E-state index is 14.2. The molecule has 0 saturated carbocycles. The molecule has 0 spiro atoms. The number of carbonyl (C=O) groups is 1. The summed E-state index contributed by atoms with van der Waals surface area (Å²) in [7, 11) is 1.70. The van der Waals surface area contributed by atoms with Gasteiger partial charge < -0.3 is 24.3 Å². The minimum absolute atomic E-state index is 0.0827. The number of aromatic amines is 1. The van der Waals surface area contributed by atoms with Gasteiger partial charge in [-0.1, -0.05) is 29.8 Å². The second kappa shape index (κ2) is 14.8. The summed E-state index contributed by atoms with van der Waals surface area (Å²) < 4.78 is 27.7. The van der Waals surface area contributed by atoms with Gasteiger partial charge in [0.05, 0.1) is 24.2 Å². The zero-order valence-electron chi connectivity index (χ0n) is 27.3. The van der Waals surface area contributed by atoms with Crippen molar-refractivity contribution < 1.29 is 18.7 Å². The molecule has 1 aliphatic rings. The molecule has 0 radical (unpaired) electrons. The van der Waals surface area contributed by atoms with E-state index in [1.54, 1.807) is 25.3 Å². The quantitative estimate of drug-likeness (QED) is 0.142. The number of hydrogen-bond donors (Lipinski definition) is 2. The SMILES string of the molecule is COCCn1c(CN2CCC(c3cccc(OCc4ccc(Cl)cc4F)n3)CC2)nc2cc(C(=O)NCc3ccc4[nH]ccc4c3)ccc21. The molecule has 1 amide bonds. The van der Waals surface area contributed by atoms with Crippen LogP contribution in [0.2, 0.25) is 5.02 Å². The van der Waals surface area contributed by atoms with Crippen molar-refractivity contribution in [3.63, 3.8) is 0 Å². The number of nitrogens with one attached hydrogen (secondary N) is 2. The number of halogens is 2. The van der Waals surface area contributed by atoms with E-state index in [1.165, 1.54) is 6.07 Å². The van der Waals surface area contributed by atoms with E-state index in [0.717, 1.165) is 64.9 Å². The fraction of sp³-hybridized carbons (Fsp3) is 0.289. The van der Waals surface area contributed by atoms with E-state index in [0.29, 0.717) is 54.2 Å². The number of carbonyl (C=O) groups excluding carboxylic acids is 1. The lowest BCUT2D eigenvalue weighted by molar-refractivity contribution is 0.0951. The summed E-state index contributed by atoms with van der Waals surface area (Å²) in [6.45, 7) is 4.23. The van der Waals surface area contributed by atoms with Crippen molar-refractivity contribution in [2.75, 3.05) is 26.8 Å². The number of aromatic nitrogens is 4. The zero-order chi connectivity index (χ0) is 33.7. The molecule has 0 atom stereocenters. The van der Waals surface area contributed by atoms with Gasteiger partial charge >= 0.3 is 0 Å². The Morgan fingerprint density at radius 1 is 1.04 bits per heavy atom. The number of methoxy groups -OCH3 is 1. The van der Waals surface area contributed by atoms with Crippen molar-refractivity contribution in [3.8, 4) is 5.88 Å². The molecule has 0 aliphatic carbocycles. The van der Waals surface area contributed by atoms with Gasteiger partial charge in [-0.2, -0.15) is 0 Å². The van der Waals surface area contributed by atoms with Gasteiger partial charge in [0.15, 0.2) is 0 Å². The number of H-pyrrole nitrogens is 1. The fourth-order valence-corrected chi connectivity index (χ4v) is 6.65. The Hall–Kier alpha value is -4.77. The fourth-order valence-electron chi connectivity index (χ4n) is 6.49. The molecule has 0 unspecified atom stereocenters. The minimum atomic E-state index is -0.393. The first-order chi connectivity index (χ1) is 23.9. The number of nitrogens with zero attached hydrogens (tertiary/aromatic N) is 4. The highest BCUT2D eigenvalue weighted by molar-refractivity contribution is 6.30. The zero-order valence-corrected chi connectivity index (χ0v) is 28.0. The first-order valence-corrected chi connectivity index (χ1v) is 16.9. The Bertz CT molecular complexity index is 2090. The van der Waals surface area contributed by atoms with Crippen LogP contribution in [-0.2, 0) is 31.0 Å². The van der Waals surface area contributed by atoms with E-state index in [9.17, 15) is 9.18 Å².